The Hall–Kier alpha value is -3.09. The van der Waals surface area contributed by atoms with Crippen LogP contribution in [-0.2, 0) is 22.6 Å². The summed E-state index contributed by atoms with van der Waals surface area (Å²) in [6.45, 7) is 2.16. The van der Waals surface area contributed by atoms with E-state index < -0.39 is 34.8 Å². The number of nitrogens with zero attached hydrogens (tertiary/aromatic N) is 3. The molecule has 1 aromatic heterocycles. The van der Waals surface area contributed by atoms with E-state index in [9.17, 15) is 19.8 Å². The Bertz CT molecular complexity index is 1040. The second-order valence-corrected chi connectivity index (χ2v) is 8.89. The van der Waals surface area contributed by atoms with Gasteiger partial charge in [-0.15, -0.1) is 0 Å². The highest BCUT2D eigenvalue weighted by atomic mass is 32.2. The van der Waals surface area contributed by atoms with Gasteiger partial charge < -0.3 is 19.8 Å². The standard InChI is InChI=1S/C22H21N3O5S/c1-13(26)17-19(27)25-18(21(28)29)22(31-20(17)25)30-16-6-4-15(5-7-16)12-24-10-2-3-14(11-24)8-9-23/h2-7,10-11,13,17-18,20,22,26H,8,12H2,1H3/p+1/t13-,17+,18?,20-,22?/m1/s1. The van der Waals surface area contributed by atoms with Gasteiger partial charge in [0, 0.05) is 17.2 Å². The maximum atomic E-state index is 12.3. The van der Waals surface area contributed by atoms with Crippen molar-refractivity contribution in [3.63, 3.8) is 0 Å². The summed E-state index contributed by atoms with van der Waals surface area (Å²) in [7, 11) is 0. The highest BCUT2D eigenvalue weighted by Gasteiger charge is 2.63. The van der Waals surface area contributed by atoms with Crippen LogP contribution < -0.4 is 9.30 Å². The summed E-state index contributed by atoms with van der Waals surface area (Å²) in [4.78, 5) is 25.4. The van der Waals surface area contributed by atoms with Crippen LogP contribution in [0.4, 0.5) is 0 Å². The maximum Gasteiger partial charge on any atom is 0.331 e. The van der Waals surface area contributed by atoms with Gasteiger partial charge in [-0.1, -0.05) is 11.8 Å². The second-order valence-electron chi connectivity index (χ2n) is 7.67. The van der Waals surface area contributed by atoms with Crippen LogP contribution in [0, 0.1) is 17.2 Å². The molecule has 1 aromatic carbocycles. The number of nitriles is 1. The molecule has 2 aliphatic rings. The number of carboxylic acids is 1. The maximum absolute atomic E-state index is 12.3. The summed E-state index contributed by atoms with van der Waals surface area (Å²) < 4.78 is 7.92. The zero-order chi connectivity index (χ0) is 22.1. The lowest BCUT2D eigenvalue weighted by Crippen LogP contribution is -2.64. The first kappa shape index (κ1) is 21.2. The first-order chi connectivity index (χ1) is 14.9. The van der Waals surface area contributed by atoms with Gasteiger partial charge >= 0.3 is 5.97 Å². The molecule has 2 aliphatic heterocycles. The molecule has 2 N–H and O–H groups in total. The number of aliphatic hydroxyl groups is 1. The van der Waals surface area contributed by atoms with E-state index in [0.717, 1.165) is 11.1 Å². The van der Waals surface area contributed by atoms with E-state index >= 15 is 0 Å². The lowest BCUT2D eigenvalue weighted by molar-refractivity contribution is -0.688. The van der Waals surface area contributed by atoms with Crippen LogP contribution in [0.15, 0.2) is 48.8 Å². The van der Waals surface area contributed by atoms with Gasteiger partial charge in [0.25, 0.3) is 0 Å². The zero-order valence-corrected chi connectivity index (χ0v) is 17.6. The van der Waals surface area contributed by atoms with Crippen molar-refractivity contribution in [2.45, 2.75) is 42.8 Å². The number of rotatable bonds is 7. The Morgan fingerprint density at radius 1 is 1.32 bits per heavy atom. The molecule has 3 heterocycles. The molecule has 31 heavy (non-hydrogen) atoms. The molecule has 2 aromatic rings. The Kier molecular flexibility index (Phi) is 5.85. The third kappa shape index (κ3) is 4.09. The molecule has 0 bridgehead atoms. The van der Waals surface area contributed by atoms with Crippen molar-refractivity contribution in [2.24, 2.45) is 5.92 Å². The molecule has 0 radical (unpaired) electrons. The summed E-state index contributed by atoms with van der Waals surface area (Å²) >= 11 is 1.26. The molecule has 9 heteroatoms. The van der Waals surface area contributed by atoms with Gasteiger partial charge in [-0.2, -0.15) is 5.26 Å². The van der Waals surface area contributed by atoms with E-state index in [1.807, 2.05) is 41.2 Å². The Morgan fingerprint density at radius 2 is 2.06 bits per heavy atom. The molecule has 2 fully saturated rings. The van der Waals surface area contributed by atoms with Crippen LogP contribution in [-0.4, -0.2) is 49.9 Å². The van der Waals surface area contributed by atoms with Gasteiger partial charge in [0.15, 0.2) is 30.4 Å². The Balaban J connectivity index is 1.44. The number of aromatic nitrogens is 1. The molecule has 160 valence electrons. The number of pyridine rings is 1. The summed E-state index contributed by atoms with van der Waals surface area (Å²) in [6, 6.07) is 12.2. The predicted octanol–water partition coefficient (Wildman–Crippen LogP) is 1.16. The zero-order valence-electron chi connectivity index (χ0n) is 16.8. The number of carboxylic acid groups (broad SMARTS) is 1. The number of benzene rings is 1. The number of aliphatic hydroxyl groups excluding tert-OH is 1. The van der Waals surface area contributed by atoms with Gasteiger partial charge in [-0.3, -0.25) is 4.79 Å². The monoisotopic (exact) mass is 440 g/mol. The predicted molar refractivity (Wildman–Crippen MR) is 111 cm³/mol. The first-order valence-corrected chi connectivity index (χ1v) is 10.8. The van der Waals surface area contributed by atoms with Crippen LogP contribution in [0.25, 0.3) is 0 Å². The fraction of sp³-hybridized carbons (Fsp3) is 0.364. The van der Waals surface area contributed by atoms with E-state index in [1.54, 1.807) is 12.1 Å². The lowest BCUT2D eigenvalue weighted by atomic mass is 9.91. The van der Waals surface area contributed by atoms with Gasteiger partial charge in [-0.25, -0.2) is 9.36 Å². The van der Waals surface area contributed by atoms with Crippen molar-refractivity contribution in [2.75, 3.05) is 0 Å². The van der Waals surface area contributed by atoms with Gasteiger partial charge in [-0.05, 0) is 37.3 Å². The fourth-order valence-corrected chi connectivity index (χ4v) is 5.68. The smallest absolute Gasteiger partial charge is 0.331 e. The fourth-order valence-electron chi connectivity index (χ4n) is 3.96. The molecule has 4 rings (SSSR count). The number of aliphatic carboxylic acids is 1. The minimum atomic E-state index is -1.12. The number of ether oxygens (including phenoxy) is 1. The summed E-state index contributed by atoms with van der Waals surface area (Å²) in [5, 5.41) is 27.9. The van der Waals surface area contributed by atoms with Gasteiger partial charge in [0.2, 0.25) is 5.91 Å². The molecule has 2 saturated heterocycles. The largest absolute Gasteiger partial charge is 0.480 e. The number of fused-ring (bicyclic) bond motifs is 1. The van der Waals surface area contributed by atoms with Gasteiger partial charge in [0.1, 0.15) is 5.75 Å². The Labute approximate surface area is 183 Å². The normalized spacial score (nSPS) is 25.3. The third-order valence-corrected chi connectivity index (χ3v) is 6.89. The number of hydrogen-bond donors (Lipinski definition) is 2. The van der Waals surface area contributed by atoms with Crippen LogP contribution in [0.1, 0.15) is 18.1 Å². The minimum absolute atomic E-state index is 0.350. The summed E-state index contributed by atoms with van der Waals surface area (Å²) in [6.07, 6.45) is 3.38. The number of β-lactam (4-membered cyclic amide) rings is 1. The molecule has 5 atom stereocenters. The van der Waals surface area contributed by atoms with Crippen LogP contribution in [0.3, 0.4) is 0 Å². The van der Waals surface area contributed by atoms with Crippen molar-refractivity contribution in [3.8, 4) is 11.8 Å². The number of carbonyl (C=O) groups is 2. The summed E-state index contributed by atoms with van der Waals surface area (Å²) in [5.74, 6) is -1.56. The molecular formula is C22H22N3O5S+. The Morgan fingerprint density at radius 3 is 2.71 bits per heavy atom. The topological polar surface area (TPSA) is 115 Å². The van der Waals surface area contributed by atoms with E-state index in [-0.39, 0.29) is 5.91 Å². The molecule has 2 unspecified atom stereocenters. The minimum Gasteiger partial charge on any atom is -0.480 e. The molecular weight excluding hydrogens is 418 g/mol. The number of amides is 1. The average Bonchev–Trinajstić information content (AvgIpc) is 3.04. The molecule has 0 aliphatic carbocycles. The van der Waals surface area contributed by atoms with Crippen LogP contribution in [0.5, 0.6) is 5.75 Å². The quantitative estimate of drug-likeness (QED) is 0.490. The van der Waals surface area contributed by atoms with Crippen LogP contribution in [0.2, 0.25) is 0 Å². The van der Waals surface area contributed by atoms with Crippen molar-refractivity contribution in [3.05, 3.63) is 59.9 Å². The van der Waals surface area contributed by atoms with E-state index in [1.165, 1.54) is 23.6 Å². The van der Waals surface area contributed by atoms with Gasteiger partial charge in [0.05, 0.1) is 29.9 Å². The highest BCUT2D eigenvalue weighted by Crippen LogP contribution is 2.49. The summed E-state index contributed by atoms with van der Waals surface area (Å²) in [5.41, 5.74) is 1.21. The first-order valence-electron chi connectivity index (χ1n) is 9.88. The van der Waals surface area contributed by atoms with Crippen molar-refractivity contribution in [1.82, 2.24) is 4.90 Å². The number of carbonyl (C=O) groups excluding carboxylic acids is 1. The average molecular weight is 441 g/mol. The van der Waals surface area contributed by atoms with Crippen LogP contribution >= 0.6 is 11.8 Å². The number of thioether (sulfide) groups is 1. The second kappa shape index (κ2) is 8.57. The van der Waals surface area contributed by atoms with E-state index in [0.29, 0.717) is 18.7 Å². The lowest BCUT2D eigenvalue weighted by Gasteiger charge is -2.44. The molecule has 1 amide bonds. The molecule has 8 nitrogen and oxygen atoms in total. The molecule has 0 spiro atoms. The van der Waals surface area contributed by atoms with Crippen molar-refractivity contribution in [1.29, 1.82) is 5.26 Å². The molecule has 0 saturated carbocycles. The number of hydrogen-bond acceptors (Lipinski definition) is 6. The third-order valence-electron chi connectivity index (χ3n) is 5.47. The van der Waals surface area contributed by atoms with E-state index in [4.69, 9.17) is 10.00 Å². The van der Waals surface area contributed by atoms with Crippen molar-refractivity contribution >= 4 is 23.6 Å². The van der Waals surface area contributed by atoms with Crippen molar-refractivity contribution < 1.29 is 29.1 Å². The SMILES string of the molecule is C[C@@H](O)[C@H]1C(=O)N2C(C(=O)O)C(Oc3ccc(C[n+]4cccc(CC#N)c4)cc3)S[C@H]12. The highest BCUT2D eigenvalue weighted by molar-refractivity contribution is 8.00. The van der Waals surface area contributed by atoms with E-state index in [2.05, 4.69) is 6.07 Å².